The first-order valence-corrected chi connectivity index (χ1v) is 7.61. The Kier molecular flexibility index (Phi) is 4.60. The first-order chi connectivity index (χ1) is 9.54. The number of likely N-dealkylation sites (tertiary alicyclic amines) is 1. The molecule has 2 rings (SSSR count). The standard InChI is InChI=1S/C15H19NO3S/c1-3-6-11-7-4-5-8-16(11)14(17)12-9-13(15(18)19)20-10(12)2/h3,9,11H,1,4-8H2,2H3,(H,18,19). The van der Waals surface area contributed by atoms with Crippen LogP contribution >= 0.6 is 11.3 Å². The molecule has 0 spiro atoms. The fourth-order valence-electron chi connectivity index (χ4n) is 2.66. The summed E-state index contributed by atoms with van der Waals surface area (Å²) in [6.45, 7) is 6.30. The van der Waals surface area contributed by atoms with Gasteiger partial charge in [0.15, 0.2) is 0 Å². The molecule has 5 heteroatoms. The van der Waals surface area contributed by atoms with Gasteiger partial charge < -0.3 is 10.0 Å². The monoisotopic (exact) mass is 293 g/mol. The molecule has 1 aliphatic rings. The maximum atomic E-state index is 12.6. The highest BCUT2D eigenvalue weighted by molar-refractivity contribution is 7.14. The van der Waals surface area contributed by atoms with E-state index >= 15 is 0 Å². The summed E-state index contributed by atoms with van der Waals surface area (Å²) >= 11 is 1.16. The Hall–Kier alpha value is -1.62. The van der Waals surface area contributed by atoms with Crippen LogP contribution in [0.1, 0.15) is 50.6 Å². The largest absolute Gasteiger partial charge is 0.477 e. The van der Waals surface area contributed by atoms with Crippen LogP contribution in [0.25, 0.3) is 0 Å². The molecule has 0 bridgehead atoms. The normalized spacial score (nSPS) is 18.9. The summed E-state index contributed by atoms with van der Waals surface area (Å²) in [6.07, 6.45) is 5.77. The zero-order valence-electron chi connectivity index (χ0n) is 11.6. The minimum absolute atomic E-state index is 0.0437. The zero-order valence-corrected chi connectivity index (χ0v) is 12.4. The smallest absolute Gasteiger partial charge is 0.345 e. The van der Waals surface area contributed by atoms with Gasteiger partial charge in [0.2, 0.25) is 0 Å². The number of piperidine rings is 1. The van der Waals surface area contributed by atoms with E-state index in [1.54, 1.807) is 6.92 Å². The van der Waals surface area contributed by atoms with Crippen molar-refractivity contribution in [3.63, 3.8) is 0 Å². The SMILES string of the molecule is C=CCC1CCCCN1C(=O)c1cc(C(=O)O)sc1C. The van der Waals surface area contributed by atoms with Gasteiger partial charge in [-0.25, -0.2) is 4.79 Å². The summed E-state index contributed by atoms with van der Waals surface area (Å²) in [4.78, 5) is 26.5. The van der Waals surface area contributed by atoms with Crippen LogP contribution in [0.2, 0.25) is 0 Å². The predicted octanol–water partition coefficient (Wildman–Crippen LogP) is 3.33. The van der Waals surface area contributed by atoms with Crippen LogP contribution in [0.5, 0.6) is 0 Å². The first kappa shape index (κ1) is 14.8. The number of aromatic carboxylic acids is 1. The second kappa shape index (κ2) is 6.22. The Morgan fingerprint density at radius 3 is 2.90 bits per heavy atom. The van der Waals surface area contributed by atoms with Crippen LogP contribution in [0.3, 0.4) is 0 Å². The van der Waals surface area contributed by atoms with Gasteiger partial charge in [-0.05, 0) is 38.7 Å². The number of hydrogen-bond donors (Lipinski definition) is 1. The Morgan fingerprint density at radius 2 is 2.30 bits per heavy atom. The molecule has 0 saturated carbocycles. The van der Waals surface area contributed by atoms with Crippen LogP contribution in [0.4, 0.5) is 0 Å². The van der Waals surface area contributed by atoms with Crippen molar-refractivity contribution in [2.45, 2.75) is 38.6 Å². The van der Waals surface area contributed by atoms with E-state index in [4.69, 9.17) is 5.11 Å². The lowest BCUT2D eigenvalue weighted by Crippen LogP contribution is -2.43. The third kappa shape index (κ3) is 2.93. The van der Waals surface area contributed by atoms with Gasteiger partial charge in [-0.2, -0.15) is 0 Å². The molecule has 1 aromatic heterocycles. The highest BCUT2D eigenvalue weighted by Gasteiger charge is 2.28. The number of aryl methyl sites for hydroxylation is 1. The van der Waals surface area contributed by atoms with Crippen LogP contribution < -0.4 is 0 Å². The highest BCUT2D eigenvalue weighted by atomic mass is 32.1. The van der Waals surface area contributed by atoms with E-state index in [0.29, 0.717) is 5.56 Å². The number of carbonyl (C=O) groups is 2. The lowest BCUT2D eigenvalue weighted by molar-refractivity contribution is 0.0616. The molecule has 0 aliphatic carbocycles. The van der Waals surface area contributed by atoms with Gasteiger partial charge in [0.1, 0.15) is 4.88 Å². The van der Waals surface area contributed by atoms with E-state index < -0.39 is 5.97 Å². The van der Waals surface area contributed by atoms with Crippen LogP contribution in [-0.2, 0) is 0 Å². The molecular weight excluding hydrogens is 274 g/mol. The average molecular weight is 293 g/mol. The second-order valence-electron chi connectivity index (χ2n) is 5.06. The third-order valence-corrected chi connectivity index (χ3v) is 4.72. The van der Waals surface area contributed by atoms with E-state index in [1.807, 2.05) is 11.0 Å². The van der Waals surface area contributed by atoms with E-state index in [0.717, 1.165) is 48.4 Å². The maximum Gasteiger partial charge on any atom is 0.345 e. The van der Waals surface area contributed by atoms with Crippen LogP contribution in [0.15, 0.2) is 18.7 Å². The van der Waals surface area contributed by atoms with E-state index in [1.165, 1.54) is 6.07 Å². The molecule has 4 nitrogen and oxygen atoms in total. The lowest BCUT2D eigenvalue weighted by atomic mass is 9.98. The molecule has 1 saturated heterocycles. The Morgan fingerprint density at radius 1 is 1.55 bits per heavy atom. The number of carboxylic acids is 1. The minimum Gasteiger partial charge on any atom is -0.477 e. The first-order valence-electron chi connectivity index (χ1n) is 6.80. The van der Waals surface area contributed by atoms with Crippen molar-refractivity contribution in [2.24, 2.45) is 0 Å². The van der Waals surface area contributed by atoms with Gasteiger partial charge in [-0.3, -0.25) is 4.79 Å². The highest BCUT2D eigenvalue weighted by Crippen LogP contribution is 2.27. The summed E-state index contributed by atoms with van der Waals surface area (Å²) in [5.74, 6) is -1.02. The van der Waals surface area contributed by atoms with E-state index in [-0.39, 0.29) is 16.8 Å². The summed E-state index contributed by atoms with van der Waals surface area (Å²) in [5, 5.41) is 9.02. The zero-order chi connectivity index (χ0) is 14.7. The molecule has 1 aromatic rings. The Labute approximate surface area is 122 Å². The van der Waals surface area contributed by atoms with Crippen LogP contribution in [-0.4, -0.2) is 34.5 Å². The van der Waals surface area contributed by atoms with Gasteiger partial charge >= 0.3 is 5.97 Å². The molecule has 1 amide bonds. The van der Waals surface area contributed by atoms with Gasteiger partial charge in [-0.15, -0.1) is 17.9 Å². The maximum absolute atomic E-state index is 12.6. The molecule has 20 heavy (non-hydrogen) atoms. The molecule has 108 valence electrons. The summed E-state index contributed by atoms with van der Waals surface area (Å²) in [6, 6.07) is 1.70. The molecule has 1 fully saturated rings. The van der Waals surface area contributed by atoms with Crippen molar-refractivity contribution in [3.05, 3.63) is 34.0 Å². The van der Waals surface area contributed by atoms with Crippen molar-refractivity contribution in [1.82, 2.24) is 4.90 Å². The molecule has 0 aromatic carbocycles. The quantitative estimate of drug-likeness (QED) is 0.866. The fourth-order valence-corrected chi connectivity index (χ4v) is 3.51. The number of thiophene rings is 1. The number of nitrogens with zero attached hydrogens (tertiary/aromatic N) is 1. The Balaban J connectivity index is 2.24. The lowest BCUT2D eigenvalue weighted by Gasteiger charge is -2.35. The second-order valence-corrected chi connectivity index (χ2v) is 6.31. The van der Waals surface area contributed by atoms with Crippen molar-refractivity contribution >= 4 is 23.2 Å². The molecule has 1 N–H and O–H groups in total. The summed E-state index contributed by atoms with van der Waals surface area (Å²) in [7, 11) is 0. The molecular formula is C15H19NO3S. The van der Waals surface area contributed by atoms with Crippen molar-refractivity contribution in [1.29, 1.82) is 0 Å². The van der Waals surface area contributed by atoms with Crippen molar-refractivity contribution < 1.29 is 14.7 Å². The average Bonchev–Trinajstić information content (AvgIpc) is 2.81. The molecule has 1 atom stereocenters. The molecule has 1 unspecified atom stereocenters. The number of rotatable bonds is 4. The number of hydrogen-bond acceptors (Lipinski definition) is 3. The number of carboxylic acid groups (broad SMARTS) is 1. The third-order valence-electron chi connectivity index (χ3n) is 3.69. The van der Waals surface area contributed by atoms with Crippen molar-refractivity contribution in [3.8, 4) is 0 Å². The fraction of sp³-hybridized carbons (Fsp3) is 0.467. The minimum atomic E-state index is -0.974. The van der Waals surface area contributed by atoms with Crippen LogP contribution in [0, 0.1) is 6.92 Å². The Bertz CT molecular complexity index is 535. The van der Waals surface area contributed by atoms with E-state index in [2.05, 4.69) is 6.58 Å². The van der Waals surface area contributed by atoms with Gasteiger partial charge in [0.05, 0.1) is 5.56 Å². The summed E-state index contributed by atoms with van der Waals surface area (Å²) < 4.78 is 0. The number of carbonyl (C=O) groups excluding carboxylic acids is 1. The van der Waals surface area contributed by atoms with E-state index in [9.17, 15) is 9.59 Å². The number of amides is 1. The van der Waals surface area contributed by atoms with Gasteiger partial charge in [0.25, 0.3) is 5.91 Å². The van der Waals surface area contributed by atoms with Gasteiger partial charge in [0, 0.05) is 17.5 Å². The van der Waals surface area contributed by atoms with Gasteiger partial charge in [-0.1, -0.05) is 6.08 Å². The van der Waals surface area contributed by atoms with Crippen molar-refractivity contribution in [2.75, 3.05) is 6.54 Å². The summed E-state index contributed by atoms with van der Waals surface area (Å²) in [5.41, 5.74) is 0.531. The predicted molar refractivity (Wildman–Crippen MR) is 79.5 cm³/mol. The molecule has 0 radical (unpaired) electrons. The topological polar surface area (TPSA) is 57.6 Å². The molecule has 2 heterocycles. The molecule has 1 aliphatic heterocycles.